The van der Waals surface area contributed by atoms with Gasteiger partial charge in [-0.1, -0.05) is 29.8 Å². The first kappa shape index (κ1) is 24.8. The number of carboxylic acids is 1. The monoisotopic (exact) mass is 539 g/mol. The molecule has 4 aromatic rings. The molecule has 2 aromatic heterocycles. The smallest absolute Gasteiger partial charge is 0.346 e. The third-order valence-electron chi connectivity index (χ3n) is 5.60. The van der Waals surface area contributed by atoms with Gasteiger partial charge in [0.05, 0.1) is 17.9 Å². The van der Waals surface area contributed by atoms with Gasteiger partial charge in [-0.05, 0) is 51.1 Å². The van der Waals surface area contributed by atoms with Crippen molar-refractivity contribution in [3.05, 3.63) is 74.5 Å². The summed E-state index contributed by atoms with van der Waals surface area (Å²) in [7, 11) is 0. The molecule has 0 aliphatic carbocycles. The number of fused-ring (bicyclic) bond motifs is 2. The van der Waals surface area contributed by atoms with E-state index in [1.165, 1.54) is 4.57 Å². The maximum atomic E-state index is 13.4. The Hall–Kier alpha value is -3.89. The van der Waals surface area contributed by atoms with Crippen molar-refractivity contribution in [2.24, 2.45) is 0 Å². The SMILES string of the molecule is CC(C)(C)OC(=O)c1c(C(=O)O)sc2nc(Cl)c(=O)n(-c3ccc4c(c3)N(c3ccccc3)CCO4)c12. The average molecular weight is 540 g/mol. The molecule has 3 heterocycles. The van der Waals surface area contributed by atoms with Gasteiger partial charge in [-0.3, -0.25) is 9.36 Å². The van der Waals surface area contributed by atoms with Gasteiger partial charge in [0.25, 0.3) is 5.56 Å². The van der Waals surface area contributed by atoms with E-state index in [1.54, 1.807) is 39.0 Å². The molecule has 0 unspecified atom stereocenters. The van der Waals surface area contributed by atoms with E-state index in [2.05, 4.69) is 9.88 Å². The van der Waals surface area contributed by atoms with Crippen molar-refractivity contribution < 1.29 is 24.2 Å². The first-order chi connectivity index (χ1) is 17.5. The van der Waals surface area contributed by atoms with Crippen molar-refractivity contribution in [3.63, 3.8) is 0 Å². The number of rotatable bonds is 4. The largest absolute Gasteiger partial charge is 0.490 e. The molecule has 11 heteroatoms. The van der Waals surface area contributed by atoms with E-state index in [9.17, 15) is 19.5 Å². The number of aromatic nitrogens is 2. The zero-order valence-electron chi connectivity index (χ0n) is 20.1. The van der Waals surface area contributed by atoms with Gasteiger partial charge in [0.1, 0.15) is 38.7 Å². The Bertz CT molecular complexity index is 1610. The fourth-order valence-corrected chi connectivity index (χ4v) is 5.37. The van der Waals surface area contributed by atoms with Crippen LogP contribution in [0.1, 0.15) is 40.8 Å². The highest BCUT2D eigenvalue weighted by atomic mass is 35.5. The number of nitrogens with zero attached hydrogens (tertiary/aromatic N) is 3. The predicted octanol–water partition coefficient (Wildman–Crippen LogP) is 5.28. The van der Waals surface area contributed by atoms with E-state index in [-0.39, 0.29) is 25.9 Å². The van der Waals surface area contributed by atoms with Gasteiger partial charge in [0, 0.05) is 5.69 Å². The van der Waals surface area contributed by atoms with Gasteiger partial charge in [-0.15, -0.1) is 11.3 Å². The minimum Gasteiger partial charge on any atom is -0.490 e. The topological polar surface area (TPSA) is 111 Å². The zero-order chi connectivity index (χ0) is 26.5. The van der Waals surface area contributed by atoms with E-state index in [4.69, 9.17) is 21.1 Å². The maximum Gasteiger partial charge on any atom is 0.346 e. The number of anilines is 2. The molecule has 0 spiro atoms. The molecule has 2 aromatic carbocycles. The van der Waals surface area contributed by atoms with Crippen molar-refractivity contribution in [1.29, 1.82) is 0 Å². The Balaban J connectivity index is 1.78. The normalized spacial score (nSPS) is 13.2. The van der Waals surface area contributed by atoms with Gasteiger partial charge < -0.3 is 19.5 Å². The van der Waals surface area contributed by atoms with Crippen LogP contribution in [0.5, 0.6) is 5.75 Å². The second-order valence-electron chi connectivity index (χ2n) is 9.30. The number of carbonyl (C=O) groups is 2. The zero-order valence-corrected chi connectivity index (χ0v) is 21.7. The van der Waals surface area contributed by atoms with Crippen LogP contribution in [-0.2, 0) is 4.74 Å². The van der Waals surface area contributed by atoms with Crippen LogP contribution in [0, 0.1) is 0 Å². The first-order valence-electron chi connectivity index (χ1n) is 11.4. The summed E-state index contributed by atoms with van der Waals surface area (Å²) in [6.45, 7) is 6.06. The summed E-state index contributed by atoms with van der Waals surface area (Å²) >= 11 is 6.95. The summed E-state index contributed by atoms with van der Waals surface area (Å²) in [5, 5.41) is 9.51. The predicted molar refractivity (Wildman–Crippen MR) is 141 cm³/mol. The minimum atomic E-state index is -1.34. The molecule has 1 N–H and O–H groups in total. The van der Waals surface area contributed by atoms with E-state index in [0.29, 0.717) is 30.3 Å². The van der Waals surface area contributed by atoms with Crippen molar-refractivity contribution in [3.8, 4) is 11.4 Å². The van der Waals surface area contributed by atoms with Crippen LogP contribution < -0.4 is 15.2 Å². The highest BCUT2D eigenvalue weighted by Gasteiger charge is 2.32. The summed E-state index contributed by atoms with van der Waals surface area (Å²) in [6, 6.07) is 14.8. The third kappa shape index (κ3) is 4.54. The highest BCUT2D eigenvalue weighted by molar-refractivity contribution is 7.20. The number of carbonyl (C=O) groups excluding carboxylic acids is 1. The van der Waals surface area contributed by atoms with Crippen LogP contribution in [0.15, 0.2) is 53.3 Å². The van der Waals surface area contributed by atoms with Crippen LogP contribution >= 0.6 is 22.9 Å². The molecular formula is C26H22ClN3O6S. The summed E-state index contributed by atoms with van der Waals surface area (Å²) in [4.78, 5) is 44.7. The molecule has 5 rings (SSSR count). The summed E-state index contributed by atoms with van der Waals surface area (Å²) in [6.07, 6.45) is 0. The number of carboxylic acid groups (broad SMARTS) is 1. The Morgan fingerprint density at radius 3 is 2.54 bits per heavy atom. The highest BCUT2D eigenvalue weighted by Crippen LogP contribution is 2.39. The van der Waals surface area contributed by atoms with E-state index < -0.39 is 23.1 Å². The lowest BCUT2D eigenvalue weighted by atomic mass is 10.1. The minimum absolute atomic E-state index is 0.0222. The lowest BCUT2D eigenvalue weighted by Gasteiger charge is -2.31. The van der Waals surface area contributed by atoms with Crippen molar-refractivity contribution in [2.75, 3.05) is 18.1 Å². The molecule has 0 atom stereocenters. The number of esters is 1. The van der Waals surface area contributed by atoms with Crippen LogP contribution in [0.3, 0.4) is 0 Å². The molecule has 1 aliphatic rings. The van der Waals surface area contributed by atoms with Crippen LogP contribution in [0.2, 0.25) is 5.15 Å². The molecule has 9 nitrogen and oxygen atoms in total. The Kier molecular flexibility index (Phi) is 6.17. The molecule has 0 bridgehead atoms. The average Bonchev–Trinajstić information content (AvgIpc) is 3.23. The lowest BCUT2D eigenvalue weighted by molar-refractivity contribution is 0.00686. The van der Waals surface area contributed by atoms with Crippen molar-refractivity contribution in [1.82, 2.24) is 9.55 Å². The number of hydrogen-bond donors (Lipinski definition) is 1. The number of halogens is 1. The molecule has 190 valence electrons. The second-order valence-corrected chi connectivity index (χ2v) is 10.7. The van der Waals surface area contributed by atoms with Crippen molar-refractivity contribution in [2.45, 2.75) is 26.4 Å². The molecule has 0 radical (unpaired) electrons. The molecule has 0 amide bonds. The Morgan fingerprint density at radius 1 is 1.14 bits per heavy atom. The fourth-order valence-electron chi connectivity index (χ4n) is 4.16. The Labute approximate surface area is 220 Å². The molecular weight excluding hydrogens is 518 g/mol. The second kappa shape index (κ2) is 9.20. The molecule has 1 aliphatic heterocycles. The van der Waals surface area contributed by atoms with Crippen LogP contribution in [-0.4, -0.2) is 45.3 Å². The lowest BCUT2D eigenvalue weighted by Crippen LogP contribution is -2.29. The van der Waals surface area contributed by atoms with Gasteiger partial charge >= 0.3 is 11.9 Å². The van der Waals surface area contributed by atoms with Gasteiger partial charge in [-0.25, -0.2) is 14.6 Å². The van der Waals surface area contributed by atoms with Crippen molar-refractivity contribution >= 4 is 56.6 Å². The maximum absolute atomic E-state index is 13.4. The summed E-state index contributed by atoms with van der Waals surface area (Å²) in [5.74, 6) is -1.60. The Morgan fingerprint density at radius 2 is 1.86 bits per heavy atom. The van der Waals surface area contributed by atoms with E-state index in [0.717, 1.165) is 17.0 Å². The fraction of sp³-hybridized carbons (Fsp3) is 0.231. The standard InChI is InChI=1S/C26H22ClN3O6S/c1-26(2,3)36-25(34)18-19-22(37-20(18)24(32)33)28-21(27)23(31)30(19)15-9-10-17-16(13-15)29(11-12-35-17)14-7-5-4-6-8-14/h4-10,13H,11-12H2,1-3H3,(H,32,33). The quantitative estimate of drug-likeness (QED) is 0.348. The number of thiophene rings is 1. The summed E-state index contributed by atoms with van der Waals surface area (Å²) in [5.41, 5.74) is 0.182. The van der Waals surface area contributed by atoms with Crippen LogP contribution in [0.25, 0.3) is 16.0 Å². The molecule has 0 saturated carbocycles. The number of para-hydroxylation sites is 1. The van der Waals surface area contributed by atoms with Gasteiger partial charge in [0.2, 0.25) is 0 Å². The summed E-state index contributed by atoms with van der Waals surface area (Å²) < 4.78 is 12.6. The molecule has 0 saturated heterocycles. The molecule has 37 heavy (non-hydrogen) atoms. The first-order valence-corrected chi connectivity index (χ1v) is 12.6. The number of ether oxygens (including phenoxy) is 2. The van der Waals surface area contributed by atoms with E-state index >= 15 is 0 Å². The van der Waals surface area contributed by atoms with Gasteiger partial charge in [0.15, 0.2) is 5.15 Å². The third-order valence-corrected chi connectivity index (χ3v) is 6.90. The van der Waals surface area contributed by atoms with Crippen LogP contribution in [0.4, 0.5) is 11.4 Å². The molecule has 0 fully saturated rings. The number of hydrogen-bond acceptors (Lipinski definition) is 8. The van der Waals surface area contributed by atoms with E-state index in [1.807, 2.05) is 30.3 Å². The number of benzene rings is 2. The van der Waals surface area contributed by atoms with Gasteiger partial charge in [-0.2, -0.15) is 0 Å². The number of aromatic carboxylic acids is 1.